The summed E-state index contributed by atoms with van der Waals surface area (Å²) < 4.78 is 0. The number of carbonyl (C=O) groups excluding carboxylic acids is 1. The van der Waals surface area contributed by atoms with Gasteiger partial charge in [0.2, 0.25) is 6.08 Å². The van der Waals surface area contributed by atoms with Gasteiger partial charge in [0.05, 0.1) is 5.54 Å². The minimum absolute atomic E-state index is 0.325. The summed E-state index contributed by atoms with van der Waals surface area (Å²) in [5.74, 6) is 0.357. The Bertz CT molecular complexity index is 416. The highest BCUT2D eigenvalue weighted by Gasteiger charge is 2.35. The molecule has 0 saturated heterocycles. The molecule has 0 radical (unpaired) electrons. The van der Waals surface area contributed by atoms with Crippen LogP contribution in [0.5, 0.6) is 0 Å². The van der Waals surface area contributed by atoms with E-state index in [9.17, 15) is 4.79 Å². The average molecular weight is 201 g/mol. The number of isocyanates is 1. The number of nitrogens with zero attached hydrogens (tertiary/aromatic N) is 1. The first-order valence-corrected chi connectivity index (χ1v) is 5.32. The van der Waals surface area contributed by atoms with Crippen LogP contribution >= 0.6 is 0 Å². The first-order chi connectivity index (χ1) is 7.15. The molecule has 0 fully saturated rings. The Balaban J connectivity index is 2.39. The molecule has 0 N–H and O–H groups in total. The minimum atomic E-state index is -0.325. The van der Waals surface area contributed by atoms with Crippen molar-refractivity contribution in [1.82, 2.24) is 0 Å². The number of benzene rings is 1. The molecule has 1 aliphatic carbocycles. The Hall–Kier alpha value is -1.40. The fraction of sp³-hybridized carbons (Fsp3) is 0.462. The number of aryl methyl sites for hydroxylation is 1. The third kappa shape index (κ3) is 1.73. The Morgan fingerprint density at radius 2 is 2.13 bits per heavy atom. The van der Waals surface area contributed by atoms with Crippen LogP contribution in [0.3, 0.4) is 0 Å². The van der Waals surface area contributed by atoms with Gasteiger partial charge in [-0.25, -0.2) is 4.79 Å². The third-order valence-electron chi connectivity index (χ3n) is 3.32. The molecule has 0 aromatic heterocycles. The fourth-order valence-corrected chi connectivity index (χ4v) is 2.49. The first-order valence-electron chi connectivity index (χ1n) is 5.32. The molecule has 2 heteroatoms. The molecule has 0 spiro atoms. The normalized spacial score (nSPS) is 19.5. The molecule has 0 amide bonds. The zero-order chi connectivity index (χ0) is 10.9. The molecule has 1 aliphatic rings. The molecule has 0 bridgehead atoms. The largest absolute Gasteiger partial charge is 0.235 e. The van der Waals surface area contributed by atoms with Crippen LogP contribution in [0.25, 0.3) is 0 Å². The lowest BCUT2D eigenvalue weighted by molar-refractivity contribution is 0.408. The van der Waals surface area contributed by atoms with E-state index in [1.807, 2.05) is 13.8 Å². The second-order valence-electron chi connectivity index (χ2n) is 4.65. The van der Waals surface area contributed by atoms with Crippen LogP contribution in [-0.2, 0) is 11.2 Å². The van der Waals surface area contributed by atoms with Crippen molar-refractivity contribution < 1.29 is 4.79 Å². The number of rotatable bonds is 2. The molecule has 0 heterocycles. The number of hydrogen-bond acceptors (Lipinski definition) is 2. The Morgan fingerprint density at radius 3 is 2.87 bits per heavy atom. The van der Waals surface area contributed by atoms with E-state index in [-0.39, 0.29) is 5.54 Å². The van der Waals surface area contributed by atoms with Gasteiger partial charge in [-0.05, 0) is 37.8 Å². The van der Waals surface area contributed by atoms with Gasteiger partial charge < -0.3 is 0 Å². The molecule has 0 aliphatic heterocycles. The lowest BCUT2D eigenvalue weighted by Crippen LogP contribution is -2.25. The van der Waals surface area contributed by atoms with E-state index in [0.717, 1.165) is 12.8 Å². The van der Waals surface area contributed by atoms with Crippen molar-refractivity contribution in [3.05, 3.63) is 35.4 Å². The van der Waals surface area contributed by atoms with Gasteiger partial charge in [-0.2, -0.15) is 4.99 Å². The maximum atomic E-state index is 10.4. The molecular formula is C13H15NO. The predicted octanol–water partition coefficient (Wildman–Crippen LogP) is 2.83. The number of hydrogen-bond donors (Lipinski definition) is 0. The molecule has 1 unspecified atom stereocenters. The van der Waals surface area contributed by atoms with Gasteiger partial charge in [-0.3, -0.25) is 0 Å². The molecule has 2 nitrogen and oxygen atoms in total. The summed E-state index contributed by atoms with van der Waals surface area (Å²) >= 11 is 0. The maximum Gasteiger partial charge on any atom is 0.235 e. The summed E-state index contributed by atoms with van der Waals surface area (Å²) in [6, 6.07) is 8.43. The summed E-state index contributed by atoms with van der Waals surface area (Å²) in [6.07, 6.45) is 3.87. The van der Waals surface area contributed by atoms with Crippen LogP contribution in [0.2, 0.25) is 0 Å². The SMILES string of the molecule is CC(C)(N=C=O)C1CCc2ccccc21. The highest BCUT2D eigenvalue weighted by molar-refractivity contribution is 5.40. The Morgan fingerprint density at radius 1 is 1.40 bits per heavy atom. The molecular weight excluding hydrogens is 186 g/mol. The van der Waals surface area contributed by atoms with Gasteiger partial charge in [0.1, 0.15) is 0 Å². The molecule has 1 aromatic carbocycles. The van der Waals surface area contributed by atoms with Crippen LogP contribution in [-0.4, -0.2) is 11.6 Å². The molecule has 78 valence electrons. The van der Waals surface area contributed by atoms with E-state index in [1.54, 1.807) is 6.08 Å². The minimum Gasteiger partial charge on any atom is -0.211 e. The molecule has 15 heavy (non-hydrogen) atoms. The number of aliphatic imine (C=N–C) groups is 1. The van der Waals surface area contributed by atoms with Gasteiger partial charge >= 0.3 is 0 Å². The topological polar surface area (TPSA) is 29.4 Å². The fourth-order valence-electron chi connectivity index (χ4n) is 2.49. The van der Waals surface area contributed by atoms with Gasteiger partial charge in [0, 0.05) is 5.92 Å². The van der Waals surface area contributed by atoms with Crippen molar-refractivity contribution >= 4 is 6.08 Å². The Labute approximate surface area is 90.0 Å². The monoisotopic (exact) mass is 201 g/mol. The summed E-state index contributed by atoms with van der Waals surface area (Å²) in [6.45, 7) is 4.01. The summed E-state index contributed by atoms with van der Waals surface area (Å²) in [4.78, 5) is 14.3. The molecule has 0 saturated carbocycles. The lowest BCUT2D eigenvalue weighted by Gasteiger charge is -2.26. The zero-order valence-electron chi connectivity index (χ0n) is 9.16. The third-order valence-corrected chi connectivity index (χ3v) is 3.32. The van der Waals surface area contributed by atoms with E-state index in [1.165, 1.54) is 11.1 Å². The quantitative estimate of drug-likeness (QED) is 0.534. The Kier molecular flexibility index (Phi) is 2.45. The lowest BCUT2D eigenvalue weighted by atomic mass is 9.83. The average Bonchev–Trinajstić information content (AvgIpc) is 2.61. The highest BCUT2D eigenvalue weighted by Crippen LogP contribution is 2.41. The van der Waals surface area contributed by atoms with Crippen LogP contribution in [0.15, 0.2) is 29.3 Å². The van der Waals surface area contributed by atoms with E-state index in [4.69, 9.17) is 0 Å². The second-order valence-corrected chi connectivity index (χ2v) is 4.65. The van der Waals surface area contributed by atoms with Crippen LogP contribution in [0.1, 0.15) is 37.3 Å². The predicted molar refractivity (Wildman–Crippen MR) is 59.7 cm³/mol. The summed E-state index contributed by atoms with van der Waals surface area (Å²) in [5.41, 5.74) is 2.42. The van der Waals surface area contributed by atoms with Crippen molar-refractivity contribution in [2.45, 2.75) is 38.1 Å². The van der Waals surface area contributed by atoms with Crippen molar-refractivity contribution in [1.29, 1.82) is 0 Å². The zero-order valence-corrected chi connectivity index (χ0v) is 9.16. The van der Waals surface area contributed by atoms with Crippen LogP contribution < -0.4 is 0 Å². The van der Waals surface area contributed by atoms with Gasteiger partial charge in [-0.15, -0.1) is 0 Å². The van der Waals surface area contributed by atoms with Crippen LogP contribution in [0, 0.1) is 0 Å². The van der Waals surface area contributed by atoms with Crippen LogP contribution in [0.4, 0.5) is 0 Å². The van der Waals surface area contributed by atoms with Gasteiger partial charge in [-0.1, -0.05) is 24.3 Å². The summed E-state index contributed by atoms with van der Waals surface area (Å²) in [7, 11) is 0. The maximum absolute atomic E-state index is 10.4. The van der Waals surface area contributed by atoms with Crippen molar-refractivity contribution in [3.8, 4) is 0 Å². The molecule has 1 atom stereocenters. The molecule has 2 rings (SSSR count). The second kappa shape index (κ2) is 3.63. The van der Waals surface area contributed by atoms with E-state index >= 15 is 0 Å². The van der Waals surface area contributed by atoms with E-state index < -0.39 is 0 Å². The van der Waals surface area contributed by atoms with Gasteiger partial charge in [0.15, 0.2) is 0 Å². The van der Waals surface area contributed by atoms with E-state index in [2.05, 4.69) is 29.3 Å². The summed E-state index contributed by atoms with van der Waals surface area (Å²) in [5, 5.41) is 0. The number of fused-ring (bicyclic) bond motifs is 1. The van der Waals surface area contributed by atoms with Crippen molar-refractivity contribution in [2.24, 2.45) is 4.99 Å². The first kappa shape index (κ1) is 10.1. The van der Waals surface area contributed by atoms with Crippen molar-refractivity contribution in [3.63, 3.8) is 0 Å². The van der Waals surface area contributed by atoms with Gasteiger partial charge in [0.25, 0.3) is 0 Å². The molecule has 1 aromatic rings. The van der Waals surface area contributed by atoms with Crippen molar-refractivity contribution in [2.75, 3.05) is 0 Å². The standard InChI is InChI=1S/C13H15NO/c1-13(2,14-9-15)12-8-7-10-5-3-4-6-11(10)12/h3-6,12H,7-8H2,1-2H3. The van der Waals surface area contributed by atoms with E-state index in [0.29, 0.717) is 5.92 Å². The highest BCUT2D eigenvalue weighted by atomic mass is 16.1. The smallest absolute Gasteiger partial charge is 0.211 e.